The first-order valence-corrected chi connectivity index (χ1v) is 6.50. The van der Waals surface area contributed by atoms with Crippen molar-refractivity contribution in [2.75, 3.05) is 6.54 Å². The van der Waals surface area contributed by atoms with Gasteiger partial charge in [0, 0.05) is 19.0 Å². The van der Waals surface area contributed by atoms with Crippen LogP contribution < -0.4 is 0 Å². The van der Waals surface area contributed by atoms with E-state index in [4.69, 9.17) is 0 Å². The lowest BCUT2D eigenvalue weighted by Gasteiger charge is -2.35. The molecule has 1 saturated heterocycles. The van der Waals surface area contributed by atoms with Crippen molar-refractivity contribution in [3.8, 4) is 0 Å². The summed E-state index contributed by atoms with van der Waals surface area (Å²) in [5.74, 6) is -0.599. The van der Waals surface area contributed by atoms with E-state index >= 15 is 0 Å². The highest BCUT2D eigenvalue weighted by Gasteiger charge is 2.28. The van der Waals surface area contributed by atoms with Crippen molar-refractivity contribution < 1.29 is 14.0 Å². The van der Waals surface area contributed by atoms with Crippen molar-refractivity contribution in [3.05, 3.63) is 29.8 Å². The summed E-state index contributed by atoms with van der Waals surface area (Å²) in [5, 5.41) is 0. The van der Waals surface area contributed by atoms with Gasteiger partial charge in [-0.2, -0.15) is 0 Å². The lowest BCUT2D eigenvalue weighted by Crippen LogP contribution is -2.44. The molecule has 0 saturated carbocycles. The maximum atomic E-state index is 12.8. The Hall–Kier alpha value is -1.78. The third-order valence-corrected chi connectivity index (χ3v) is 3.36. The molecule has 1 aromatic rings. The maximum absolute atomic E-state index is 12.8. The van der Waals surface area contributed by atoms with Crippen molar-refractivity contribution in [3.63, 3.8) is 0 Å². The van der Waals surface area contributed by atoms with Crippen molar-refractivity contribution in [2.45, 2.75) is 38.6 Å². The minimum Gasteiger partial charge on any atom is -0.334 e. The number of aromatic nitrogens is 1. The molecule has 0 radical (unpaired) electrons. The average molecular weight is 264 g/mol. The van der Waals surface area contributed by atoms with Gasteiger partial charge in [0.25, 0.3) is 5.91 Å². The van der Waals surface area contributed by atoms with Crippen molar-refractivity contribution in [2.24, 2.45) is 0 Å². The number of likely N-dealkylation sites (tertiary alicyclic amines) is 1. The minimum absolute atomic E-state index is 0.0504. The molecule has 1 atom stereocenters. The molecule has 1 fully saturated rings. The van der Waals surface area contributed by atoms with E-state index in [1.165, 1.54) is 19.1 Å². The summed E-state index contributed by atoms with van der Waals surface area (Å²) < 4.78 is 12.8. The summed E-state index contributed by atoms with van der Waals surface area (Å²) in [6, 6.07) is 2.56. The van der Waals surface area contributed by atoms with Crippen LogP contribution in [0, 0.1) is 5.82 Å². The number of hydrogen-bond acceptors (Lipinski definition) is 3. The summed E-state index contributed by atoms with van der Waals surface area (Å²) in [5.41, 5.74) is 0.233. The Morgan fingerprint density at radius 2 is 2.21 bits per heavy atom. The molecule has 1 aliphatic rings. The zero-order valence-electron chi connectivity index (χ0n) is 10.9. The van der Waals surface area contributed by atoms with Crippen LogP contribution in [-0.2, 0) is 4.79 Å². The van der Waals surface area contributed by atoms with Crippen LogP contribution in [0.25, 0.3) is 0 Å². The predicted octanol–water partition coefficient (Wildman–Crippen LogP) is 2.19. The van der Waals surface area contributed by atoms with Gasteiger partial charge >= 0.3 is 0 Å². The lowest BCUT2D eigenvalue weighted by atomic mass is 9.97. The Kier molecular flexibility index (Phi) is 4.24. The Balaban J connectivity index is 2.15. The van der Waals surface area contributed by atoms with Crippen LogP contribution in [-0.4, -0.2) is 34.2 Å². The fourth-order valence-corrected chi connectivity index (χ4v) is 2.46. The second kappa shape index (κ2) is 5.91. The van der Waals surface area contributed by atoms with E-state index in [1.807, 2.05) is 0 Å². The van der Waals surface area contributed by atoms with Gasteiger partial charge in [-0.1, -0.05) is 0 Å². The van der Waals surface area contributed by atoms with Gasteiger partial charge < -0.3 is 4.90 Å². The molecule has 2 rings (SSSR count). The molecule has 5 heteroatoms. The van der Waals surface area contributed by atoms with Crippen LogP contribution >= 0.6 is 0 Å². The highest BCUT2D eigenvalue weighted by molar-refractivity contribution is 5.93. The molecular formula is C14H17FN2O2. The molecule has 0 N–H and O–H groups in total. The standard InChI is InChI=1S/C14H17FN2O2/c1-10(18)8-12-4-2-3-7-17(12)14(19)13-6-5-11(15)9-16-13/h5-6,9,12H,2-4,7-8H2,1H3. The van der Waals surface area contributed by atoms with Crippen LogP contribution in [0.15, 0.2) is 18.3 Å². The summed E-state index contributed by atoms with van der Waals surface area (Å²) in [6.45, 7) is 2.17. The Labute approximate surface area is 111 Å². The van der Waals surface area contributed by atoms with Crippen LogP contribution in [0.2, 0.25) is 0 Å². The number of pyridine rings is 1. The SMILES string of the molecule is CC(=O)CC1CCCCN1C(=O)c1ccc(F)cn1. The van der Waals surface area contributed by atoms with Gasteiger partial charge in [-0.15, -0.1) is 0 Å². The highest BCUT2D eigenvalue weighted by Crippen LogP contribution is 2.21. The number of ketones is 1. The van der Waals surface area contributed by atoms with E-state index < -0.39 is 5.82 Å². The molecule has 4 nitrogen and oxygen atoms in total. The molecule has 0 bridgehead atoms. The number of halogens is 1. The third kappa shape index (κ3) is 3.36. The van der Waals surface area contributed by atoms with Gasteiger partial charge in [-0.05, 0) is 38.3 Å². The summed E-state index contributed by atoms with van der Waals surface area (Å²) in [4.78, 5) is 29.1. The Bertz CT molecular complexity index is 473. The minimum atomic E-state index is -0.463. The number of nitrogens with zero attached hydrogens (tertiary/aromatic N) is 2. The van der Waals surface area contributed by atoms with E-state index in [-0.39, 0.29) is 23.4 Å². The third-order valence-electron chi connectivity index (χ3n) is 3.36. The van der Waals surface area contributed by atoms with Crippen molar-refractivity contribution in [1.82, 2.24) is 9.88 Å². The molecule has 1 unspecified atom stereocenters. The van der Waals surface area contributed by atoms with Crippen LogP contribution in [0.5, 0.6) is 0 Å². The van der Waals surface area contributed by atoms with Gasteiger partial charge in [-0.25, -0.2) is 9.37 Å². The van der Waals surface area contributed by atoms with Gasteiger partial charge in [0.05, 0.1) is 6.20 Å². The smallest absolute Gasteiger partial charge is 0.272 e. The van der Waals surface area contributed by atoms with Gasteiger partial charge in [-0.3, -0.25) is 9.59 Å². The van der Waals surface area contributed by atoms with Crippen LogP contribution in [0.3, 0.4) is 0 Å². The average Bonchev–Trinajstić information content (AvgIpc) is 2.39. The molecule has 1 aromatic heterocycles. The quantitative estimate of drug-likeness (QED) is 0.841. The van der Waals surface area contributed by atoms with Crippen molar-refractivity contribution in [1.29, 1.82) is 0 Å². The number of hydrogen-bond donors (Lipinski definition) is 0. The second-order valence-electron chi connectivity index (χ2n) is 4.92. The van der Waals surface area contributed by atoms with Gasteiger partial charge in [0.15, 0.2) is 0 Å². The maximum Gasteiger partial charge on any atom is 0.272 e. The number of carbonyl (C=O) groups is 2. The molecule has 0 spiro atoms. The lowest BCUT2D eigenvalue weighted by molar-refractivity contribution is -0.118. The van der Waals surface area contributed by atoms with E-state index in [0.717, 1.165) is 25.5 Å². The molecule has 19 heavy (non-hydrogen) atoms. The normalized spacial score (nSPS) is 19.3. The summed E-state index contributed by atoms with van der Waals surface area (Å²) >= 11 is 0. The summed E-state index contributed by atoms with van der Waals surface area (Å²) in [6.07, 6.45) is 4.22. The highest BCUT2D eigenvalue weighted by atomic mass is 19.1. The Morgan fingerprint density at radius 1 is 1.42 bits per heavy atom. The number of Topliss-reactive ketones (excluding diaryl/α,β-unsaturated/α-hetero) is 1. The van der Waals surface area contributed by atoms with Gasteiger partial charge in [0.1, 0.15) is 17.3 Å². The molecule has 0 aliphatic carbocycles. The van der Waals surface area contributed by atoms with E-state index in [1.54, 1.807) is 4.90 Å². The zero-order valence-corrected chi connectivity index (χ0v) is 10.9. The van der Waals surface area contributed by atoms with E-state index in [0.29, 0.717) is 13.0 Å². The number of amides is 1. The molecule has 1 aliphatic heterocycles. The number of carbonyl (C=O) groups excluding carboxylic acids is 2. The summed E-state index contributed by atoms with van der Waals surface area (Å²) in [7, 11) is 0. The zero-order chi connectivity index (χ0) is 13.8. The largest absolute Gasteiger partial charge is 0.334 e. The Morgan fingerprint density at radius 3 is 2.84 bits per heavy atom. The first-order chi connectivity index (χ1) is 9.08. The van der Waals surface area contributed by atoms with E-state index in [2.05, 4.69) is 4.98 Å². The van der Waals surface area contributed by atoms with Gasteiger partial charge in [0.2, 0.25) is 0 Å². The number of rotatable bonds is 3. The molecule has 0 aromatic carbocycles. The molecule has 102 valence electrons. The molecule has 1 amide bonds. The van der Waals surface area contributed by atoms with E-state index in [9.17, 15) is 14.0 Å². The fourth-order valence-electron chi connectivity index (χ4n) is 2.46. The van der Waals surface area contributed by atoms with Crippen LogP contribution in [0.4, 0.5) is 4.39 Å². The fraction of sp³-hybridized carbons (Fsp3) is 0.500. The molecule has 2 heterocycles. The first-order valence-electron chi connectivity index (χ1n) is 6.50. The molecular weight excluding hydrogens is 247 g/mol. The predicted molar refractivity (Wildman–Crippen MR) is 68.2 cm³/mol. The monoisotopic (exact) mass is 264 g/mol. The number of piperidine rings is 1. The topological polar surface area (TPSA) is 50.3 Å². The second-order valence-corrected chi connectivity index (χ2v) is 4.92. The first kappa shape index (κ1) is 13.6. The van der Waals surface area contributed by atoms with Crippen molar-refractivity contribution >= 4 is 11.7 Å². The van der Waals surface area contributed by atoms with Crippen LogP contribution in [0.1, 0.15) is 43.1 Å².